The number of rotatable bonds is 4. The maximum atomic E-state index is 11.8. The molecule has 2 N–H and O–H groups in total. The molecule has 128 valence electrons. The van der Waals surface area contributed by atoms with Crippen LogP contribution in [-0.4, -0.2) is 22.4 Å². The summed E-state index contributed by atoms with van der Waals surface area (Å²) in [5.74, 6) is 0.00359. The predicted octanol–water partition coefficient (Wildman–Crippen LogP) is 4.67. The van der Waals surface area contributed by atoms with Crippen LogP contribution in [0.5, 0.6) is 0 Å². The van der Waals surface area contributed by atoms with E-state index in [0.29, 0.717) is 0 Å². The van der Waals surface area contributed by atoms with E-state index in [9.17, 15) is 4.79 Å². The van der Waals surface area contributed by atoms with E-state index >= 15 is 0 Å². The second-order valence-corrected chi connectivity index (χ2v) is 6.64. The van der Waals surface area contributed by atoms with E-state index in [1.165, 1.54) is 6.42 Å². The molecule has 1 aliphatic heterocycles. The molecule has 0 aromatic carbocycles. The average molecular weight is 343 g/mol. The molecule has 24 heavy (non-hydrogen) atoms. The van der Waals surface area contributed by atoms with Crippen LogP contribution in [0.25, 0.3) is 17.3 Å². The minimum Gasteiger partial charge on any atom is -0.364 e. The van der Waals surface area contributed by atoms with Crippen molar-refractivity contribution >= 4 is 23.3 Å². The molecule has 1 aliphatic rings. The van der Waals surface area contributed by atoms with Crippen LogP contribution >= 0.6 is 11.3 Å². The van der Waals surface area contributed by atoms with Crippen molar-refractivity contribution in [1.82, 2.24) is 15.3 Å². The third-order valence-corrected chi connectivity index (χ3v) is 4.63. The highest BCUT2D eigenvalue weighted by molar-refractivity contribution is 7.10. The topological polar surface area (TPSA) is 57.8 Å². The van der Waals surface area contributed by atoms with Gasteiger partial charge in [-0.15, -0.1) is 11.3 Å². The van der Waals surface area contributed by atoms with E-state index < -0.39 is 0 Å². The Hall–Kier alpha value is -2.14. The lowest BCUT2D eigenvalue weighted by Crippen LogP contribution is -2.17. The van der Waals surface area contributed by atoms with E-state index in [4.69, 9.17) is 0 Å². The van der Waals surface area contributed by atoms with Gasteiger partial charge in [0.25, 0.3) is 0 Å². The van der Waals surface area contributed by atoms with Gasteiger partial charge in [0.05, 0.1) is 11.6 Å². The third kappa shape index (κ3) is 4.03. The first kappa shape index (κ1) is 18.2. The number of aromatic amines is 1. The summed E-state index contributed by atoms with van der Waals surface area (Å²) in [5, 5.41) is 5.78. The summed E-state index contributed by atoms with van der Waals surface area (Å²) in [6.45, 7) is 10.7. The summed E-state index contributed by atoms with van der Waals surface area (Å²) in [6.07, 6.45) is 9.74. The normalized spacial score (nSPS) is 16.8. The molecule has 0 radical (unpaired) electrons. The Kier molecular flexibility index (Phi) is 6.55. The summed E-state index contributed by atoms with van der Waals surface area (Å²) < 4.78 is 0. The number of aryl methyl sites for hydroxylation is 1. The zero-order valence-electron chi connectivity index (χ0n) is 14.6. The molecule has 1 unspecified atom stereocenters. The first-order valence-corrected chi connectivity index (χ1v) is 9.20. The molecule has 2 aromatic rings. The highest BCUT2D eigenvalue weighted by atomic mass is 32.1. The van der Waals surface area contributed by atoms with Gasteiger partial charge >= 0.3 is 0 Å². The van der Waals surface area contributed by atoms with Gasteiger partial charge in [0, 0.05) is 34.9 Å². The number of allylic oxidation sites excluding steroid dienone is 2. The van der Waals surface area contributed by atoms with Crippen LogP contribution in [0.4, 0.5) is 0 Å². The minimum atomic E-state index is -0.0871. The molecule has 1 atom stereocenters. The van der Waals surface area contributed by atoms with Crippen LogP contribution in [0.3, 0.4) is 0 Å². The summed E-state index contributed by atoms with van der Waals surface area (Å²) in [6, 6.07) is 0. The van der Waals surface area contributed by atoms with Gasteiger partial charge in [0.15, 0.2) is 0 Å². The highest BCUT2D eigenvalue weighted by Crippen LogP contribution is 2.33. The summed E-state index contributed by atoms with van der Waals surface area (Å²) >= 11 is 1.56. The van der Waals surface area contributed by atoms with Crippen molar-refractivity contribution in [1.29, 1.82) is 0 Å². The van der Waals surface area contributed by atoms with Crippen molar-refractivity contribution in [2.75, 3.05) is 6.54 Å². The Morgan fingerprint density at radius 2 is 2.21 bits per heavy atom. The lowest BCUT2D eigenvalue weighted by atomic mass is 10.1. The molecular formula is C19H25N3OS. The molecule has 0 saturated carbocycles. The summed E-state index contributed by atoms with van der Waals surface area (Å²) in [5.41, 5.74) is 4.19. The Labute approximate surface area is 147 Å². The Balaban J connectivity index is 0.000000647. The van der Waals surface area contributed by atoms with Crippen molar-refractivity contribution < 1.29 is 4.79 Å². The maximum Gasteiger partial charge on any atom is 0.230 e. The molecule has 1 saturated heterocycles. The van der Waals surface area contributed by atoms with Crippen molar-refractivity contribution in [2.24, 2.45) is 0 Å². The molecule has 3 rings (SSSR count). The van der Waals surface area contributed by atoms with Gasteiger partial charge in [-0.3, -0.25) is 4.79 Å². The van der Waals surface area contributed by atoms with Crippen molar-refractivity contribution in [3.63, 3.8) is 0 Å². The number of hydrogen-bond acceptors (Lipinski definition) is 3. The van der Waals surface area contributed by atoms with Gasteiger partial charge in [0.2, 0.25) is 5.91 Å². The third-order valence-electron chi connectivity index (χ3n) is 3.67. The zero-order chi connectivity index (χ0) is 17.5. The van der Waals surface area contributed by atoms with Crippen LogP contribution in [-0.2, 0) is 4.79 Å². The fourth-order valence-electron chi connectivity index (χ4n) is 2.53. The van der Waals surface area contributed by atoms with Crippen molar-refractivity contribution in [3.05, 3.63) is 46.6 Å². The monoisotopic (exact) mass is 343 g/mol. The zero-order valence-corrected chi connectivity index (χ0v) is 15.4. The van der Waals surface area contributed by atoms with Crippen LogP contribution in [0.15, 0.2) is 30.3 Å². The first-order valence-electron chi connectivity index (χ1n) is 8.32. The van der Waals surface area contributed by atoms with E-state index in [2.05, 4.69) is 35.7 Å². The highest BCUT2D eigenvalue weighted by Gasteiger charge is 2.28. The Bertz CT molecular complexity index is 727. The van der Waals surface area contributed by atoms with E-state index in [-0.39, 0.29) is 11.8 Å². The number of hydrogen-bond donors (Lipinski definition) is 2. The van der Waals surface area contributed by atoms with E-state index in [1.54, 1.807) is 17.4 Å². The lowest BCUT2D eigenvalue weighted by Gasteiger charge is -2.01. The standard InChI is InChI=1S/C16H17N3OS.C3H8/c1-3-4-5-11-10(2)18-8-13(11)14-9-21-16(19-14)12-6-7-17-15(12)20;1-3-2/h3-5,8-9,12,18H,1,6-7H2,2H3,(H,17,20);3H2,1-2H3/b5-4-;. The average Bonchev–Trinajstić information content (AvgIpc) is 3.26. The predicted molar refractivity (Wildman–Crippen MR) is 102 cm³/mol. The number of aromatic nitrogens is 2. The van der Waals surface area contributed by atoms with Gasteiger partial charge in [-0.2, -0.15) is 0 Å². The molecule has 1 amide bonds. The number of carbonyl (C=O) groups is 1. The first-order chi connectivity index (χ1) is 11.6. The number of amides is 1. The smallest absolute Gasteiger partial charge is 0.230 e. The van der Waals surface area contributed by atoms with Gasteiger partial charge in [-0.25, -0.2) is 4.98 Å². The largest absolute Gasteiger partial charge is 0.364 e. The summed E-state index contributed by atoms with van der Waals surface area (Å²) in [7, 11) is 0. The fraction of sp³-hybridized carbons (Fsp3) is 0.368. The van der Waals surface area contributed by atoms with Gasteiger partial charge < -0.3 is 10.3 Å². The molecule has 4 nitrogen and oxygen atoms in total. The Morgan fingerprint density at radius 3 is 2.83 bits per heavy atom. The molecule has 0 aliphatic carbocycles. The van der Waals surface area contributed by atoms with Crippen LogP contribution < -0.4 is 5.32 Å². The Morgan fingerprint density at radius 1 is 1.46 bits per heavy atom. The minimum absolute atomic E-state index is 0.0871. The molecule has 0 bridgehead atoms. The van der Waals surface area contributed by atoms with Crippen molar-refractivity contribution in [2.45, 2.75) is 39.5 Å². The van der Waals surface area contributed by atoms with Gasteiger partial charge in [-0.05, 0) is 13.3 Å². The van der Waals surface area contributed by atoms with Crippen LogP contribution in [0.1, 0.15) is 48.9 Å². The summed E-state index contributed by atoms with van der Waals surface area (Å²) in [4.78, 5) is 19.7. The lowest BCUT2D eigenvalue weighted by molar-refractivity contribution is -0.120. The number of nitrogens with one attached hydrogen (secondary N) is 2. The molecular weight excluding hydrogens is 318 g/mol. The van der Waals surface area contributed by atoms with E-state index in [1.807, 2.05) is 30.7 Å². The molecule has 2 aromatic heterocycles. The molecule has 5 heteroatoms. The van der Waals surface area contributed by atoms with E-state index in [0.717, 1.165) is 40.5 Å². The number of nitrogens with zero attached hydrogens (tertiary/aromatic N) is 1. The van der Waals surface area contributed by atoms with Crippen molar-refractivity contribution in [3.8, 4) is 11.3 Å². The maximum absolute atomic E-state index is 11.8. The second-order valence-electron chi connectivity index (χ2n) is 5.75. The number of thiazole rings is 1. The van der Waals surface area contributed by atoms with Gasteiger partial charge in [0.1, 0.15) is 5.01 Å². The quantitative estimate of drug-likeness (QED) is 0.793. The molecule has 1 fully saturated rings. The second kappa shape index (κ2) is 8.64. The molecule has 0 spiro atoms. The SMILES string of the molecule is C=C/C=C\c1c(-c2csc(C3CCNC3=O)n2)c[nH]c1C.CCC. The van der Waals surface area contributed by atoms with Gasteiger partial charge in [-0.1, -0.05) is 45.1 Å². The number of carbonyl (C=O) groups excluding carboxylic acids is 1. The fourth-order valence-corrected chi connectivity index (χ4v) is 3.48. The molecule has 3 heterocycles. The van der Waals surface area contributed by atoms with Crippen LogP contribution in [0, 0.1) is 6.92 Å². The van der Waals surface area contributed by atoms with Crippen LogP contribution in [0.2, 0.25) is 0 Å². The number of H-pyrrole nitrogens is 1.